The van der Waals surface area contributed by atoms with Crippen LogP contribution in [-0.4, -0.2) is 23.1 Å². The molecule has 1 atom stereocenters. The minimum Gasteiger partial charge on any atom is -0.480 e. The van der Waals surface area contributed by atoms with E-state index in [9.17, 15) is 14.0 Å². The normalized spacial score (nSPS) is 12.1. The zero-order valence-corrected chi connectivity index (χ0v) is 12.7. The molecule has 0 heterocycles. The lowest BCUT2D eigenvalue weighted by molar-refractivity contribution is -0.139. The van der Waals surface area contributed by atoms with Crippen LogP contribution in [0.2, 0.25) is 0 Å². The van der Waals surface area contributed by atoms with Gasteiger partial charge in [-0.05, 0) is 30.5 Å². The van der Waals surface area contributed by atoms with E-state index in [0.717, 1.165) is 0 Å². The van der Waals surface area contributed by atoms with Gasteiger partial charge in [-0.3, -0.25) is 0 Å². The molecule has 0 aliphatic rings. The van der Waals surface area contributed by atoms with E-state index in [1.807, 2.05) is 13.8 Å². The quantitative estimate of drug-likeness (QED) is 0.765. The molecule has 0 bridgehead atoms. The van der Waals surface area contributed by atoms with Crippen molar-refractivity contribution in [3.63, 3.8) is 0 Å². The van der Waals surface area contributed by atoms with Gasteiger partial charge in [-0.1, -0.05) is 29.8 Å². The minimum atomic E-state index is -1.12. The topological polar surface area (TPSA) is 78.4 Å². The fourth-order valence-corrected chi connectivity index (χ4v) is 1.93. The Morgan fingerprint density at radius 3 is 2.55 bits per heavy atom. The monoisotopic (exact) mass is 346 g/mol. The maximum absolute atomic E-state index is 13.5. The zero-order valence-electron chi connectivity index (χ0n) is 11.1. The number of anilines is 1. The molecule has 7 heteroatoms. The lowest BCUT2D eigenvalue weighted by Crippen LogP contribution is -2.43. The number of rotatable bonds is 5. The Morgan fingerprint density at radius 1 is 1.40 bits per heavy atom. The summed E-state index contributed by atoms with van der Waals surface area (Å²) in [5.41, 5.74) is -0.0145. The van der Waals surface area contributed by atoms with Gasteiger partial charge in [-0.25, -0.2) is 14.0 Å². The predicted molar refractivity (Wildman–Crippen MR) is 77.1 cm³/mol. The van der Waals surface area contributed by atoms with Crippen molar-refractivity contribution in [2.45, 2.75) is 26.3 Å². The van der Waals surface area contributed by atoms with Gasteiger partial charge >= 0.3 is 12.0 Å². The Hall–Kier alpha value is -1.63. The summed E-state index contributed by atoms with van der Waals surface area (Å²) >= 11 is 3.10. The van der Waals surface area contributed by atoms with Crippen molar-refractivity contribution < 1.29 is 19.1 Å². The van der Waals surface area contributed by atoms with Gasteiger partial charge in [-0.2, -0.15) is 0 Å². The number of carbonyl (C=O) groups excluding carboxylic acids is 1. The molecule has 5 nitrogen and oxygen atoms in total. The second-order valence-corrected chi connectivity index (χ2v) is 5.66. The number of urea groups is 1. The number of benzene rings is 1. The predicted octanol–water partition coefficient (Wildman–Crippen LogP) is 3.21. The molecule has 20 heavy (non-hydrogen) atoms. The van der Waals surface area contributed by atoms with Gasteiger partial charge in [-0.15, -0.1) is 0 Å². The zero-order chi connectivity index (χ0) is 15.3. The molecular formula is C13H16BrFN2O3. The molecule has 0 aromatic heterocycles. The number of carbonyl (C=O) groups is 2. The Labute approximate surface area is 124 Å². The van der Waals surface area contributed by atoms with E-state index in [4.69, 9.17) is 5.11 Å². The Kier molecular flexibility index (Phi) is 5.94. The van der Waals surface area contributed by atoms with Gasteiger partial charge in [0, 0.05) is 4.47 Å². The first-order valence-electron chi connectivity index (χ1n) is 6.05. The van der Waals surface area contributed by atoms with Crippen LogP contribution in [0.1, 0.15) is 20.3 Å². The van der Waals surface area contributed by atoms with Crippen LogP contribution in [0.25, 0.3) is 0 Å². The molecule has 1 unspecified atom stereocenters. The lowest BCUT2D eigenvalue weighted by Gasteiger charge is -2.17. The van der Waals surface area contributed by atoms with E-state index in [0.29, 0.717) is 10.9 Å². The third-order valence-corrected chi connectivity index (χ3v) is 2.98. The summed E-state index contributed by atoms with van der Waals surface area (Å²) in [6.07, 6.45) is 0.297. The maximum atomic E-state index is 13.5. The summed E-state index contributed by atoms with van der Waals surface area (Å²) in [5.74, 6) is -1.61. The highest BCUT2D eigenvalue weighted by molar-refractivity contribution is 9.10. The van der Waals surface area contributed by atoms with Gasteiger partial charge in [0.05, 0.1) is 5.69 Å². The summed E-state index contributed by atoms with van der Waals surface area (Å²) in [6, 6.07) is 2.41. The second-order valence-electron chi connectivity index (χ2n) is 4.74. The number of carboxylic acid groups (broad SMARTS) is 1. The first-order valence-corrected chi connectivity index (χ1v) is 6.84. The van der Waals surface area contributed by atoms with Gasteiger partial charge < -0.3 is 15.7 Å². The first kappa shape index (κ1) is 16.4. The van der Waals surface area contributed by atoms with Crippen LogP contribution >= 0.6 is 15.9 Å². The van der Waals surface area contributed by atoms with Crippen LogP contribution in [0.3, 0.4) is 0 Å². The van der Waals surface area contributed by atoms with Gasteiger partial charge in [0.2, 0.25) is 0 Å². The van der Waals surface area contributed by atoms with Crippen molar-refractivity contribution in [3.8, 4) is 0 Å². The molecule has 0 saturated heterocycles. The second kappa shape index (κ2) is 7.23. The van der Waals surface area contributed by atoms with Gasteiger partial charge in [0.1, 0.15) is 11.9 Å². The number of carboxylic acids is 1. The Balaban J connectivity index is 2.68. The molecule has 1 rings (SSSR count). The van der Waals surface area contributed by atoms with Crippen LogP contribution < -0.4 is 10.6 Å². The molecule has 2 amide bonds. The van der Waals surface area contributed by atoms with Crippen molar-refractivity contribution in [2.24, 2.45) is 5.92 Å². The molecule has 110 valence electrons. The number of amides is 2. The highest BCUT2D eigenvalue weighted by Crippen LogP contribution is 2.19. The van der Waals surface area contributed by atoms with Crippen molar-refractivity contribution in [3.05, 3.63) is 28.5 Å². The molecule has 3 N–H and O–H groups in total. The maximum Gasteiger partial charge on any atom is 0.326 e. The highest BCUT2D eigenvalue weighted by atomic mass is 79.9. The minimum absolute atomic E-state index is 0.0145. The summed E-state index contributed by atoms with van der Waals surface area (Å²) in [6.45, 7) is 3.70. The molecule has 1 aromatic carbocycles. The summed E-state index contributed by atoms with van der Waals surface area (Å²) in [4.78, 5) is 22.7. The SMILES string of the molecule is CC(C)CC(NC(=O)Nc1ccc(Br)cc1F)C(=O)O. The van der Waals surface area contributed by atoms with E-state index in [2.05, 4.69) is 26.6 Å². The molecule has 0 saturated carbocycles. The smallest absolute Gasteiger partial charge is 0.326 e. The van der Waals surface area contributed by atoms with Crippen LogP contribution in [0.4, 0.5) is 14.9 Å². The Bertz CT molecular complexity index is 508. The molecule has 1 aromatic rings. The molecule has 0 aliphatic heterocycles. The van der Waals surface area contributed by atoms with Crippen molar-refractivity contribution in [2.75, 3.05) is 5.32 Å². The van der Waals surface area contributed by atoms with Crippen LogP contribution in [0.15, 0.2) is 22.7 Å². The summed E-state index contributed by atoms with van der Waals surface area (Å²) in [5, 5.41) is 13.6. The Morgan fingerprint density at radius 2 is 2.05 bits per heavy atom. The number of nitrogens with one attached hydrogen (secondary N) is 2. The molecule has 0 spiro atoms. The summed E-state index contributed by atoms with van der Waals surface area (Å²) in [7, 11) is 0. The molecule has 0 aliphatic carbocycles. The van der Waals surface area contributed by atoms with E-state index in [-0.39, 0.29) is 11.6 Å². The van der Waals surface area contributed by atoms with E-state index in [1.54, 1.807) is 6.07 Å². The van der Waals surface area contributed by atoms with Crippen LogP contribution in [0.5, 0.6) is 0 Å². The van der Waals surface area contributed by atoms with E-state index < -0.39 is 23.9 Å². The van der Waals surface area contributed by atoms with E-state index in [1.165, 1.54) is 12.1 Å². The first-order chi connectivity index (χ1) is 9.29. The number of hydrogen-bond donors (Lipinski definition) is 3. The average Bonchev–Trinajstić information content (AvgIpc) is 2.31. The number of hydrogen-bond acceptors (Lipinski definition) is 2. The third kappa shape index (κ3) is 5.16. The van der Waals surface area contributed by atoms with Gasteiger partial charge in [0.25, 0.3) is 0 Å². The number of aliphatic carboxylic acids is 1. The van der Waals surface area contributed by atoms with Crippen LogP contribution in [-0.2, 0) is 4.79 Å². The largest absolute Gasteiger partial charge is 0.480 e. The lowest BCUT2D eigenvalue weighted by atomic mass is 10.0. The van der Waals surface area contributed by atoms with Gasteiger partial charge in [0.15, 0.2) is 0 Å². The average molecular weight is 347 g/mol. The highest BCUT2D eigenvalue weighted by Gasteiger charge is 2.21. The fraction of sp³-hybridized carbons (Fsp3) is 0.385. The standard InChI is InChI=1S/C13H16BrFN2O3/c1-7(2)5-11(12(18)19)17-13(20)16-10-4-3-8(14)6-9(10)15/h3-4,6-7,11H,5H2,1-2H3,(H,18,19)(H2,16,17,20). The number of halogens is 2. The van der Waals surface area contributed by atoms with Crippen molar-refractivity contribution >= 4 is 33.6 Å². The van der Waals surface area contributed by atoms with E-state index >= 15 is 0 Å². The molecule has 0 fully saturated rings. The van der Waals surface area contributed by atoms with Crippen molar-refractivity contribution in [1.29, 1.82) is 0 Å². The van der Waals surface area contributed by atoms with Crippen molar-refractivity contribution in [1.82, 2.24) is 5.32 Å². The molecule has 0 radical (unpaired) electrons. The molecular weight excluding hydrogens is 331 g/mol. The fourth-order valence-electron chi connectivity index (χ4n) is 1.60. The van der Waals surface area contributed by atoms with Crippen LogP contribution in [0, 0.1) is 11.7 Å². The third-order valence-electron chi connectivity index (χ3n) is 2.49. The summed E-state index contributed by atoms with van der Waals surface area (Å²) < 4.78 is 14.1.